The van der Waals surface area contributed by atoms with E-state index in [-0.39, 0.29) is 5.76 Å². The lowest BCUT2D eigenvalue weighted by Gasteiger charge is -1.99. The van der Waals surface area contributed by atoms with Gasteiger partial charge in [0.2, 0.25) is 10.9 Å². The lowest BCUT2D eigenvalue weighted by atomic mass is 10.3. The first-order chi connectivity index (χ1) is 12.2. The number of furan rings is 1. The normalized spacial score (nSPS) is 10.8. The molecule has 0 aromatic carbocycles. The number of carbonyl (C=O) groups is 1. The maximum absolute atomic E-state index is 11.6. The van der Waals surface area contributed by atoms with E-state index in [1.807, 2.05) is 13.0 Å². The van der Waals surface area contributed by atoms with Crippen molar-refractivity contribution in [3.63, 3.8) is 0 Å². The molecule has 3 aromatic rings. The van der Waals surface area contributed by atoms with E-state index in [0.29, 0.717) is 11.5 Å². The van der Waals surface area contributed by atoms with Crippen molar-refractivity contribution < 1.29 is 13.9 Å². The summed E-state index contributed by atoms with van der Waals surface area (Å²) < 4.78 is 11.1. The Morgan fingerprint density at radius 2 is 2.32 bits per heavy atom. The third kappa shape index (κ3) is 4.83. The lowest BCUT2D eigenvalue weighted by Crippen LogP contribution is -2.03. The summed E-state index contributed by atoms with van der Waals surface area (Å²) >= 11 is 4.79. The van der Waals surface area contributed by atoms with Crippen LogP contribution in [-0.2, 0) is 16.9 Å². The molecule has 0 saturated heterocycles. The van der Waals surface area contributed by atoms with E-state index in [9.17, 15) is 4.79 Å². The number of thiophene rings is 1. The van der Waals surface area contributed by atoms with Gasteiger partial charge in [-0.05, 0) is 30.9 Å². The van der Waals surface area contributed by atoms with Crippen molar-refractivity contribution in [2.75, 3.05) is 19.0 Å². The highest BCUT2D eigenvalue weighted by Crippen LogP contribution is 2.29. The topological polar surface area (TPSA) is 77.2 Å². The SMILES string of the molecule is COC(=O)c1oc(CSc2nnc(NCCc3cccs3)s2)cc1C. The molecule has 0 unspecified atom stereocenters. The molecular formula is C16H17N3O3S3. The minimum absolute atomic E-state index is 0.256. The van der Waals surface area contributed by atoms with Crippen LogP contribution in [0.15, 0.2) is 32.3 Å². The van der Waals surface area contributed by atoms with E-state index < -0.39 is 5.97 Å². The number of aryl methyl sites for hydroxylation is 1. The molecule has 0 spiro atoms. The van der Waals surface area contributed by atoms with Crippen LogP contribution in [0.25, 0.3) is 0 Å². The molecule has 0 atom stereocenters. The highest BCUT2D eigenvalue weighted by Gasteiger charge is 2.16. The van der Waals surface area contributed by atoms with Crippen LogP contribution in [0.4, 0.5) is 5.13 Å². The van der Waals surface area contributed by atoms with E-state index >= 15 is 0 Å². The Hall–Kier alpha value is -1.84. The molecule has 0 aliphatic heterocycles. The van der Waals surface area contributed by atoms with Gasteiger partial charge in [-0.25, -0.2) is 4.79 Å². The number of nitrogens with one attached hydrogen (secondary N) is 1. The number of anilines is 1. The second-order valence-electron chi connectivity index (χ2n) is 5.13. The van der Waals surface area contributed by atoms with Gasteiger partial charge >= 0.3 is 5.97 Å². The summed E-state index contributed by atoms with van der Waals surface area (Å²) in [6.07, 6.45) is 0.974. The van der Waals surface area contributed by atoms with Crippen molar-refractivity contribution in [1.29, 1.82) is 0 Å². The zero-order valence-electron chi connectivity index (χ0n) is 13.8. The van der Waals surface area contributed by atoms with Crippen molar-refractivity contribution >= 4 is 45.5 Å². The third-order valence-corrected chi connectivity index (χ3v) is 6.28. The van der Waals surface area contributed by atoms with E-state index in [1.54, 1.807) is 11.3 Å². The smallest absolute Gasteiger partial charge is 0.374 e. The van der Waals surface area contributed by atoms with Gasteiger partial charge in [-0.3, -0.25) is 0 Å². The Labute approximate surface area is 157 Å². The number of hydrogen-bond acceptors (Lipinski definition) is 9. The predicted octanol–water partition coefficient (Wildman–Crippen LogP) is 4.23. The van der Waals surface area contributed by atoms with Crippen LogP contribution >= 0.6 is 34.4 Å². The quantitative estimate of drug-likeness (QED) is 0.452. The predicted molar refractivity (Wildman–Crippen MR) is 101 cm³/mol. The van der Waals surface area contributed by atoms with Gasteiger partial charge < -0.3 is 14.5 Å². The zero-order chi connectivity index (χ0) is 17.6. The first-order valence-electron chi connectivity index (χ1n) is 7.56. The van der Waals surface area contributed by atoms with Gasteiger partial charge in [0.1, 0.15) is 5.76 Å². The molecule has 0 saturated carbocycles. The number of aromatic nitrogens is 2. The first kappa shape index (κ1) is 18.0. The Morgan fingerprint density at radius 3 is 3.08 bits per heavy atom. The molecule has 6 nitrogen and oxygen atoms in total. The van der Waals surface area contributed by atoms with Gasteiger partial charge in [-0.15, -0.1) is 21.5 Å². The van der Waals surface area contributed by atoms with Crippen LogP contribution in [0.1, 0.15) is 26.8 Å². The van der Waals surface area contributed by atoms with E-state index in [0.717, 1.165) is 28.0 Å². The van der Waals surface area contributed by atoms with Crippen molar-refractivity contribution in [3.8, 4) is 0 Å². The fraction of sp³-hybridized carbons (Fsp3) is 0.312. The van der Waals surface area contributed by atoms with Crippen molar-refractivity contribution in [2.45, 2.75) is 23.4 Å². The molecule has 25 heavy (non-hydrogen) atoms. The summed E-state index contributed by atoms with van der Waals surface area (Å²) in [4.78, 5) is 12.9. The number of esters is 1. The maximum Gasteiger partial charge on any atom is 0.374 e. The van der Waals surface area contributed by atoms with Crippen LogP contribution in [0.5, 0.6) is 0 Å². The Kier molecular flexibility index (Phi) is 6.11. The van der Waals surface area contributed by atoms with Crippen LogP contribution in [0, 0.1) is 6.92 Å². The van der Waals surface area contributed by atoms with Gasteiger partial charge in [0.05, 0.1) is 12.9 Å². The standard InChI is InChI=1S/C16H17N3O3S3/c1-10-8-11(22-13(10)14(20)21-2)9-24-16-19-18-15(25-16)17-6-5-12-4-3-7-23-12/h3-4,7-8H,5-6,9H2,1-2H3,(H,17,18). The summed E-state index contributed by atoms with van der Waals surface area (Å²) in [6, 6.07) is 6.03. The molecule has 0 bridgehead atoms. The van der Waals surface area contributed by atoms with Crippen LogP contribution in [0.2, 0.25) is 0 Å². The number of hydrogen-bond donors (Lipinski definition) is 1. The Balaban J connectivity index is 1.49. The Morgan fingerprint density at radius 1 is 1.44 bits per heavy atom. The molecule has 0 radical (unpaired) electrons. The van der Waals surface area contributed by atoms with Crippen molar-refractivity contribution in [1.82, 2.24) is 10.2 Å². The van der Waals surface area contributed by atoms with Gasteiger partial charge in [0.15, 0.2) is 4.34 Å². The van der Waals surface area contributed by atoms with E-state index in [2.05, 4.69) is 33.0 Å². The number of rotatable bonds is 8. The fourth-order valence-electron chi connectivity index (χ4n) is 2.13. The number of ether oxygens (including phenoxy) is 1. The molecule has 3 rings (SSSR count). The number of carbonyl (C=O) groups excluding carboxylic acids is 1. The molecule has 3 aromatic heterocycles. The average molecular weight is 396 g/mol. The highest BCUT2D eigenvalue weighted by atomic mass is 32.2. The summed E-state index contributed by atoms with van der Waals surface area (Å²) in [5.41, 5.74) is 0.774. The molecule has 3 heterocycles. The summed E-state index contributed by atoms with van der Waals surface area (Å²) in [5.74, 6) is 1.10. The van der Waals surface area contributed by atoms with Gasteiger partial charge in [0, 0.05) is 17.0 Å². The average Bonchev–Trinajstić information content (AvgIpc) is 3.34. The largest absolute Gasteiger partial charge is 0.463 e. The number of methoxy groups -OCH3 is 1. The molecule has 0 aliphatic rings. The fourth-order valence-corrected chi connectivity index (χ4v) is 4.50. The van der Waals surface area contributed by atoms with E-state index in [4.69, 9.17) is 9.15 Å². The molecular weight excluding hydrogens is 378 g/mol. The summed E-state index contributed by atoms with van der Waals surface area (Å²) in [6.45, 7) is 2.66. The molecule has 0 amide bonds. The highest BCUT2D eigenvalue weighted by molar-refractivity contribution is 8.00. The van der Waals surface area contributed by atoms with Gasteiger partial charge in [-0.1, -0.05) is 29.2 Å². The zero-order valence-corrected chi connectivity index (χ0v) is 16.2. The van der Waals surface area contributed by atoms with Crippen LogP contribution in [0.3, 0.4) is 0 Å². The Bertz CT molecular complexity index is 827. The lowest BCUT2D eigenvalue weighted by molar-refractivity contribution is 0.0562. The third-order valence-electron chi connectivity index (χ3n) is 3.31. The van der Waals surface area contributed by atoms with Crippen molar-refractivity contribution in [3.05, 3.63) is 45.5 Å². The maximum atomic E-state index is 11.6. The van der Waals surface area contributed by atoms with Crippen LogP contribution < -0.4 is 5.32 Å². The molecule has 132 valence electrons. The van der Waals surface area contributed by atoms with Crippen LogP contribution in [-0.4, -0.2) is 29.8 Å². The summed E-state index contributed by atoms with van der Waals surface area (Å²) in [7, 11) is 1.34. The number of thioether (sulfide) groups is 1. The van der Waals surface area contributed by atoms with Crippen molar-refractivity contribution in [2.24, 2.45) is 0 Å². The molecule has 9 heteroatoms. The van der Waals surface area contributed by atoms with Gasteiger partial charge in [-0.2, -0.15) is 0 Å². The molecule has 0 aliphatic carbocycles. The minimum atomic E-state index is -0.457. The molecule has 1 N–H and O–H groups in total. The monoisotopic (exact) mass is 395 g/mol. The minimum Gasteiger partial charge on any atom is -0.463 e. The molecule has 0 fully saturated rings. The summed E-state index contributed by atoms with van der Waals surface area (Å²) in [5, 5.41) is 14.5. The number of nitrogens with zero attached hydrogens (tertiary/aromatic N) is 2. The van der Waals surface area contributed by atoms with Gasteiger partial charge in [0.25, 0.3) is 0 Å². The first-order valence-corrected chi connectivity index (χ1v) is 10.2. The second kappa shape index (κ2) is 8.50. The van der Waals surface area contributed by atoms with E-state index in [1.165, 1.54) is 35.1 Å². The second-order valence-corrected chi connectivity index (χ2v) is 8.37.